The van der Waals surface area contributed by atoms with E-state index in [1.54, 1.807) is 12.5 Å². The molecule has 1 fully saturated rings. The summed E-state index contributed by atoms with van der Waals surface area (Å²) < 4.78 is 4.90. The predicted octanol–water partition coefficient (Wildman–Crippen LogP) is 2.63. The summed E-state index contributed by atoms with van der Waals surface area (Å²) in [7, 11) is 1.50. The number of methoxy groups -OCH3 is 1. The molecule has 3 heterocycles. The molecule has 1 aliphatic heterocycles. The van der Waals surface area contributed by atoms with E-state index >= 15 is 0 Å². The van der Waals surface area contributed by atoms with Crippen LogP contribution in [0.15, 0.2) is 30.7 Å². The second-order valence-electron chi connectivity index (χ2n) is 7.18. The van der Waals surface area contributed by atoms with Crippen LogP contribution in [-0.2, 0) is 9.53 Å². The van der Waals surface area contributed by atoms with Crippen LogP contribution in [0.3, 0.4) is 0 Å². The van der Waals surface area contributed by atoms with Gasteiger partial charge in [0, 0.05) is 31.5 Å². The lowest BCUT2D eigenvalue weighted by atomic mass is 9.93. The molecule has 8 nitrogen and oxygen atoms in total. The highest BCUT2D eigenvalue weighted by Gasteiger charge is 2.27. The number of benzene rings is 1. The zero-order valence-corrected chi connectivity index (χ0v) is 16.1. The number of piperidine rings is 1. The average Bonchev–Trinajstić information content (AvgIpc) is 3.16. The van der Waals surface area contributed by atoms with Gasteiger partial charge in [-0.05, 0) is 31.9 Å². The molecule has 1 amide bonds. The first kappa shape index (κ1) is 18.4. The minimum absolute atomic E-state index is 0.0215. The van der Waals surface area contributed by atoms with Crippen LogP contribution in [-0.4, -0.2) is 52.9 Å². The van der Waals surface area contributed by atoms with Gasteiger partial charge >= 0.3 is 0 Å². The van der Waals surface area contributed by atoms with Gasteiger partial charge in [-0.2, -0.15) is 5.10 Å². The summed E-state index contributed by atoms with van der Waals surface area (Å²) in [5.74, 6) is 1.00. The molecule has 0 unspecified atom stereocenters. The largest absolute Gasteiger partial charge is 0.375 e. The predicted molar refractivity (Wildman–Crippen MR) is 108 cm³/mol. The molecule has 0 spiro atoms. The minimum atomic E-state index is -0.185. The van der Waals surface area contributed by atoms with Crippen molar-refractivity contribution in [2.75, 3.05) is 37.0 Å². The van der Waals surface area contributed by atoms with Gasteiger partial charge in [0.25, 0.3) is 0 Å². The first-order valence-corrected chi connectivity index (χ1v) is 9.44. The van der Waals surface area contributed by atoms with Crippen LogP contribution in [0, 0.1) is 6.92 Å². The zero-order chi connectivity index (χ0) is 19.5. The van der Waals surface area contributed by atoms with E-state index in [0.29, 0.717) is 0 Å². The molecule has 0 bridgehead atoms. The first-order valence-electron chi connectivity index (χ1n) is 9.44. The number of hydrogen-bond acceptors (Lipinski definition) is 6. The molecule has 8 heteroatoms. The van der Waals surface area contributed by atoms with Gasteiger partial charge in [-0.3, -0.25) is 9.89 Å². The molecule has 4 rings (SSSR count). The van der Waals surface area contributed by atoms with Crippen molar-refractivity contribution in [3.8, 4) is 0 Å². The third-order valence-corrected chi connectivity index (χ3v) is 5.12. The van der Waals surface area contributed by atoms with Gasteiger partial charge in [-0.1, -0.05) is 11.6 Å². The first-order chi connectivity index (χ1) is 13.7. The standard InChI is InChI=1S/C20H24N6O2/c1-13-5-6-16-15(8-13)20(22-12-21-16)26-7-3-4-14(10-26)19-17(9-23-25-19)24-18(27)11-28-2/h5-6,8-9,12,14H,3-4,7,10-11H2,1-2H3,(H,23,25)(H,24,27)/t14-/m0/s1. The molecule has 0 saturated carbocycles. The van der Waals surface area contributed by atoms with Crippen molar-refractivity contribution in [2.45, 2.75) is 25.7 Å². The fraction of sp³-hybridized carbons (Fsp3) is 0.400. The molecule has 1 saturated heterocycles. The number of amides is 1. The van der Waals surface area contributed by atoms with E-state index in [4.69, 9.17) is 4.74 Å². The smallest absolute Gasteiger partial charge is 0.250 e. The van der Waals surface area contributed by atoms with Gasteiger partial charge in [0.1, 0.15) is 18.8 Å². The Hall–Kier alpha value is -3.00. The average molecular weight is 380 g/mol. The van der Waals surface area contributed by atoms with Crippen molar-refractivity contribution in [1.82, 2.24) is 20.2 Å². The van der Waals surface area contributed by atoms with Crippen LogP contribution in [0.25, 0.3) is 10.9 Å². The maximum absolute atomic E-state index is 11.9. The Kier molecular flexibility index (Phi) is 5.21. The number of ether oxygens (including phenoxy) is 1. The van der Waals surface area contributed by atoms with Crippen molar-refractivity contribution < 1.29 is 9.53 Å². The van der Waals surface area contributed by atoms with Crippen molar-refractivity contribution in [3.63, 3.8) is 0 Å². The molecule has 2 N–H and O–H groups in total. The topological polar surface area (TPSA) is 96.0 Å². The Labute approximate surface area is 163 Å². The molecule has 0 aliphatic carbocycles. The highest BCUT2D eigenvalue weighted by molar-refractivity contribution is 5.92. The number of carbonyl (C=O) groups excluding carboxylic acids is 1. The number of hydrogen-bond donors (Lipinski definition) is 2. The molecule has 146 valence electrons. The lowest BCUT2D eigenvalue weighted by molar-refractivity contribution is -0.119. The van der Waals surface area contributed by atoms with E-state index in [1.165, 1.54) is 12.7 Å². The third-order valence-electron chi connectivity index (χ3n) is 5.12. The van der Waals surface area contributed by atoms with Crippen LogP contribution < -0.4 is 10.2 Å². The fourth-order valence-electron chi connectivity index (χ4n) is 3.84. The normalized spacial score (nSPS) is 17.1. The molecular weight excluding hydrogens is 356 g/mol. The van der Waals surface area contributed by atoms with Crippen LogP contribution in [0.4, 0.5) is 11.5 Å². The highest BCUT2D eigenvalue weighted by Crippen LogP contribution is 2.34. The van der Waals surface area contributed by atoms with Crippen LogP contribution in [0.2, 0.25) is 0 Å². The zero-order valence-electron chi connectivity index (χ0n) is 16.1. The lowest BCUT2D eigenvalue weighted by Crippen LogP contribution is -2.35. The van der Waals surface area contributed by atoms with Crippen LogP contribution in [0.1, 0.15) is 30.0 Å². The van der Waals surface area contributed by atoms with Crippen molar-refractivity contribution in [2.24, 2.45) is 0 Å². The summed E-state index contributed by atoms with van der Waals surface area (Å²) in [5, 5.41) is 11.2. The molecular formula is C20H24N6O2. The fourth-order valence-corrected chi connectivity index (χ4v) is 3.84. The summed E-state index contributed by atoms with van der Waals surface area (Å²) in [6.07, 6.45) is 5.34. The maximum atomic E-state index is 11.9. The molecule has 3 aromatic rings. The number of nitrogens with one attached hydrogen (secondary N) is 2. The molecule has 0 radical (unpaired) electrons. The number of aromatic amines is 1. The van der Waals surface area contributed by atoms with Crippen LogP contribution >= 0.6 is 0 Å². The number of anilines is 2. The Morgan fingerprint density at radius 3 is 3.14 bits per heavy atom. The van der Waals surface area contributed by atoms with E-state index in [-0.39, 0.29) is 18.4 Å². The number of fused-ring (bicyclic) bond motifs is 1. The third kappa shape index (κ3) is 3.68. The van der Waals surface area contributed by atoms with Gasteiger partial charge in [-0.15, -0.1) is 0 Å². The van der Waals surface area contributed by atoms with E-state index in [2.05, 4.69) is 49.4 Å². The Morgan fingerprint density at radius 2 is 2.29 bits per heavy atom. The van der Waals surface area contributed by atoms with E-state index in [9.17, 15) is 4.79 Å². The van der Waals surface area contributed by atoms with Crippen molar-refractivity contribution in [3.05, 3.63) is 42.0 Å². The SMILES string of the molecule is COCC(=O)Nc1cn[nH]c1[C@H]1CCCN(c2ncnc3ccc(C)cc23)C1. The minimum Gasteiger partial charge on any atom is -0.375 e. The monoisotopic (exact) mass is 380 g/mol. The highest BCUT2D eigenvalue weighted by atomic mass is 16.5. The lowest BCUT2D eigenvalue weighted by Gasteiger charge is -2.34. The molecule has 2 aromatic heterocycles. The van der Waals surface area contributed by atoms with Crippen molar-refractivity contribution in [1.29, 1.82) is 0 Å². The number of carbonyl (C=O) groups is 1. The molecule has 1 aromatic carbocycles. The van der Waals surface area contributed by atoms with Gasteiger partial charge in [0.05, 0.1) is 23.1 Å². The van der Waals surface area contributed by atoms with Gasteiger partial charge in [0.2, 0.25) is 5.91 Å². The summed E-state index contributed by atoms with van der Waals surface area (Å²) in [6, 6.07) is 6.24. The Bertz CT molecular complexity index is 986. The number of aromatic nitrogens is 4. The Morgan fingerprint density at radius 1 is 1.39 bits per heavy atom. The number of rotatable bonds is 5. The summed E-state index contributed by atoms with van der Waals surface area (Å²) >= 11 is 0. The van der Waals surface area contributed by atoms with Gasteiger partial charge in [0.15, 0.2) is 0 Å². The maximum Gasteiger partial charge on any atom is 0.250 e. The van der Waals surface area contributed by atoms with Crippen LogP contribution in [0.5, 0.6) is 0 Å². The number of nitrogens with zero attached hydrogens (tertiary/aromatic N) is 4. The summed E-state index contributed by atoms with van der Waals surface area (Å²) in [5.41, 5.74) is 3.81. The van der Waals surface area contributed by atoms with E-state index < -0.39 is 0 Å². The van der Waals surface area contributed by atoms with Gasteiger partial charge in [-0.25, -0.2) is 9.97 Å². The quantitative estimate of drug-likeness (QED) is 0.706. The second kappa shape index (κ2) is 7.93. The van der Waals surface area contributed by atoms with E-state index in [1.807, 2.05) is 6.07 Å². The van der Waals surface area contributed by atoms with Gasteiger partial charge < -0.3 is 15.0 Å². The number of aryl methyl sites for hydroxylation is 1. The van der Waals surface area contributed by atoms with E-state index in [0.717, 1.165) is 54.0 Å². The van der Waals surface area contributed by atoms with Crippen molar-refractivity contribution >= 4 is 28.3 Å². The molecule has 28 heavy (non-hydrogen) atoms. The summed E-state index contributed by atoms with van der Waals surface area (Å²) in [4.78, 5) is 23.2. The molecule has 1 atom stereocenters. The Balaban J connectivity index is 1.59. The molecule has 1 aliphatic rings. The second-order valence-corrected chi connectivity index (χ2v) is 7.18. The number of H-pyrrole nitrogens is 1. The summed E-state index contributed by atoms with van der Waals surface area (Å²) in [6.45, 7) is 3.84.